The first-order chi connectivity index (χ1) is 12.4. The number of likely N-dealkylation sites (tertiary alicyclic amines) is 1. The van der Waals surface area contributed by atoms with Crippen molar-refractivity contribution in [3.8, 4) is 0 Å². The molecule has 26 heavy (non-hydrogen) atoms. The van der Waals surface area contributed by atoms with Crippen molar-refractivity contribution in [3.05, 3.63) is 30.0 Å². The molecule has 0 bridgehead atoms. The van der Waals surface area contributed by atoms with Gasteiger partial charge in [-0.1, -0.05) is 0 Å². The summed E-state index contributed by atoms with van der Waals surface area (Å²) in [5.74, 6) is -4.03. The first kappa shape index (κ1) is 17.0. The molecule has 1 saturated carbocycles. The van der Waals surface area contributed by atoms with Crippen molar-refractivity contribution in [1.29, 1.82) is 0 Å². The summed E-state index contributed by atoms with van der Waals surface area (Å²) in [6.45, 7) is 1.03. The van der Waals surface area contributed by atoms with Gasteiger partial charge < -0.3 is 14.8 Å². The lowest BCUT2D eigenvalue weighted by Crippen LogP contribution is -2.39. The largest absolute Gasteiger partial charge is 0.350 e. The zero-order chi connectivity index (χ0) is 18.5. The number of halogens is 2. The second-order valence-electron chi connectivity index (χ2n) is 7.31. The number of nitrogens with zero attached hydrogens (tertiary/aromatic N) is 2. The van der Waals surface area contributed by atoms with Gasteiger partial charge in [0.25, 0.3) is 5.92 Å². The number of piperidine rings is 1. The van der Waals surface area contributed by atoms with E-state index in [0.29, 0.717) is 19.5 Å². The van der Waals surface area contributed by atoms with Gasteiger partial charge in [-0.05, 0) is 42.5 Å². The van der Waals surface area contributed by atoms with Crippen molar-refractivity contribution in [2.24, 2.45) is 13.0 Å². The molecular weight excluding hydrogens is 340 g/mol. The van der Waals surface area contributed by atoms with Crippen LogP contribution >= 0.6 is 0 Å². The number of carbonyl (C=O) groups excluding carboxylic acids is 2. The average Bonchev–Trinajstić information content (AvgIpc) is 3.14. The summed E-state index contributed by atoms with van der Waals surface area (Å²) in [7, 11) is 1.98. The van der Waals surface area contributed by atoms with E-state index < -0.39 is 17.7 Å². The molecule has 2 amide bonds. The number of hydrogen-bond acceptors (Lipinski definition) is 2. The lowest BCUT2D eigenvalue weighted by Gasteiger charge is -2.32. The van der Waals surface area contributed by atoms with Crippen molar-refractivity contribution < 1.29 is 18.4 Å². The molecular formula is C19H21F2N3O2. The van der Waals surface area contributed by atoms with Crippen LogP contribution in [0.15, 0.2) is 24.4 Å². The number of aromatic nitrogens is 1. The Morgan fingerprint density at radius 1 is 1.31 bits per heavy atom. The predicted molar refractivity (Wildman–Crippen MR) is 94.2 cm³/mol. The molecule has 2 aromatic rings. The van der Waals surface area contributed by atoms with E-state index in [4.69, 9.17) is 0 Å². The van der Waals surface area contributed by atoms with E-state index in [2.05, 4.69) is 16.1 Å². The third kappa shape index (κ3) is 2.85. The van der Waals surface area contributed by atoms with Crippen LogP contribution in [0, 0.1) is 5.92 Å². The Morgan fingerprint density at radius 3 is 2.62 bits per heavy atom. The van der Waals surface area contributed by atoms with Crippen LogP contribution in [0.1, 0.15) is 30.7 Å². The minimum atomic E-state index is -2.80. The normalized spacial score (nSPS) is 22.4. The zero-order valence-corrected chi connectivity index (χ0v) is 14.5. The van der Waals surface area contributed by atoms with Crippen LogP contribution in [-0.4, -0.2) is 40.8 Å². The number of benzene rings is 1. The molecule has 1 saturated heterocycles. The second-order valence-corrected chi connectivity index (χ2v) is 7.31. The highest BCUT2D eigenvalue weighted by Crippen LogP contribution is 2.50. The van der Waals surface area contributed by atoms with E-state index in [0.717, 1.165) is 29.4 Å². The zero-order valence-electron chi connectivity index (χ0n) is 14.5. The molecule has 1 atom stereocenters. The van der Waals surface area contributed by atoms with Gasteiger partial charge in [0.1, 0.15) is 5.92 Å². The highest BCUT2D eigenvalue weighted by atomic mass is 19.3. The molecule has 2 aliphatic rings. The number of carbonyl (C=O) groups is 2. The number of rotatable bonds is 4. The Labute approximate surface area is 149 Å². The minimum Gasteiger partial charge on any atom is -0.350 e. The third-order valence-electron chi connectivity index (χ3n) is 5.62. The SMILES string of the molecule is Cn1cc(C2CCN(C(=O)C3CC3(F)F)CC2)c2cc(NC=O)ccc21. The smallest absolute Gasteiger partial charge is 0.260 e. The molecule has 1 aliphatic heterocycles. The number of alkyl halides is 2. The number of anilines is 1. The van der Waals surface area contributed by atoms with Crippen LogP contribution < -0.4 is 5.32 Å². The lowest BCUT2D eigenvalue weighted by molar-refractivity contribution is -0.135. The van der Waals surface area contributed by atoms with Gasteiger partial charge in [-0.2, -0.15) is 0 Å². The Hall–Kier alpha value is -2.44. The van der Waals surface area contributed by atoms with Gasteiger partial charge in [0, 0.05) is 49.3 Å². The fourth-order valence-corrected chi connectivity index (χ4v) is 4.02. The Balaban J connectivity index is 1.51. The standard InChI is InChI=1S/C19H21F2N3O2/c1-23-10-15(14-8-13(22-11-25)2-3-17(14)23)12-4-6-24(7-5-12)18(26)16-9-19(16,20)21/h2-3,8,10-12,16H,4-7,9H2,1H3,(H,22,25). The van der Waals surface area contributed by atoms with E-state index in [1.807, 2.05) is 25.2 Å². The van der Waals surface area contributed by atoms with E-state index >= 15 is 0 Å². The van der Waals surface area contributed by atoms with Gasteiger partial charge in [0.15, 0.2) is 0 Å². The highest BCUT2D eigenvalue weighted by Gasteiger charge is 2.62. The summed E-state index contributed by atoms with van der Waals surface area (Å²) < 4.78 is 28.3. The summed E-state index contributed by atoms with van der Waals surface area (Å²) in [6.07, 6.45) is 3.96. The quantitative estimate of drug-likeness (QED) is 0.851. The highest BCUT2D eigenvalue weighted by molar-refractivity contribution is 5.89. The summed E-state index contributed by atoms with van der Waals surface area (Å²) in [5, 5.41) is 3.76. The van der Waals surface area contributed by atoms with Crippen molar-refractivity contribution in [3.63, 3.8) is 0 Å². The molecule has 138 valence electrons. The van der Waals surface area contributed by atoms with Gasteiger partial charge in [0.05, 0.1) is 0 Å². The molecule has 2 heterocycles. The summed E-state index contributed by atoms with van der Waals surface area (Å²) in [5.41, 5.74) is 3.00. The third-order valence-corrected chi connectivity index (χ3v) is 5.62. The second kappa shape index (κ2) is 6.07. The number of nitrogens with one attached hydrogen (secondary N) is 1. The van der Waals surface area contributed by atoms with E-state index in [1.165, 1.54) is 5.56 Å². The Kier molecular flexibility index (Phi) is 3.97. The van der Waals surface area contributed by atoms with Crippen molar-refractivity contribution >= 4 is 28.9 Å². The monoisotopic (exact) mass is 361 g/mol. The molecule has 0 spiro atoms. The fourth-order valence-electron chi connectivity index (χ4n) is 4.02. The van der Waals surface area contributed by atoms with Gasteiger partial charge in [0.2, 0.25) is 12.3 Å². The first-order valence-corrected chi connectivity index (χ1v) is 8.86. The molecule has 1 aromatic heterocycles. The van der Waals surface area contributed by atoms with Crippen LogP contribution in [-0.2, 0) is 16.6 Å². The van der Waals surface area contributed by atoms with Gasteiger partial charge >= 0.3 is 0 Å². The van der Waals surface area contributed by atoms with E-state index in [9.17, 15) is 18.4 Å². The molecule has 5 nitrogen and oxygen atoms in total. The van der Waals surface area contributed by atoms with Gasteiger partial charge in [-0.15, -0.1) is 0 Å². The Morgan fingerprint density at radius 2 is 2.00 bits per heavy atom. The fraction of sp³-hybridized carbons (Fsp3) is 0.474. The number of aryl methyl sites for hydroxylation is 1. The maximum absolute atomic E-state index is 13.1. The molecule has 1 aromatic carbocycles. The minimum absolute atomic E-state index is 0.272. The molecule has 1 unspecified atom stereocenters. The van der Waals surface area contributed by atoms with Crippen LogP contribution in [0.25, 0.3) is 10.9 Å². The topological polar surface area (TPSA) is 54.3 Å². The van der Waals surface area contributed by atoms with Crippen LogP contribution in [0.4, 0.5) is 14.5 Å². The van der Waals surface area contributed by atoms with Crippen molar-refractivity contribution in [2.75, 3.05) is 18.4 Å². The number of hydrogen-bond donors (Lipinski definition) is 1. The molecule has 0 radical (unpaired) electrons. The molecule has 4 rings (SSSR count). The lowest BCUT2D eigenvalue weighted by atomic mass is 9.89. The molecule has 1 aliphatic carbocycles. The van der Waals surface area contributed by atoms with Crippen LogP contribution in [0.2, 0.25) is 0 Å². The molecule has 1 N–H and O–H groups in total. The van der Waals surface area contributed by atoms with Crippen LogP contribution in [0.3, 0.4) is 0 Å². The van der Waals surface area contributed by atoms with Crippen molar-refractivity contribution in [1.82, 2.24) is 9.47 Å². The Bertz CT molecular complexity index is 869. The molecule has 2 fully saturated rings. The van der Waals surface area contributed by atoms with E-state index in [1.54, 1.807) is 4.90 Å². The number of amides is 2. The van der Waals surface area contributed by atoms with Crippen molar-refractivity contribution in [2.45, 2.75) is 31.1 Å². The number of fused-ring (bicyclic) bond motifs is 1. The van der Waals surface area contributed by atoms with Crippen LogP contribution in [0.5, 0.6) is 0 Å². The maximum Gasteiger partial charge on any atom is 0.260 e. The van der Waals surface area contributed by atoms with Gasteiger partial charge in [-0.25, -0.2) is 8.78 Å². The predicted octanol–water partition coefficient (Wildman–Crippen LogP) is 3.11. The van der Waals surface area contributed by atoms with E-state index in [-0.39, 0.29) is 12.3 Å². The molecule has 7 heteroatoms. The summed E-state index contributed by atoms with van der Waals surface area (Å²) in [4.78, 5) is 24.4. The first-order valence-electron chi connectivity index (χ1n) is 8.86. The maximum atomic E-state index is 13.1. The average molecular weight is 361 g/mol. The van der Waals surface area contributed by atoms with Gasteiger partial charge in [-0.3, -0.25) is 9.59 Å². The summed E-state index contributed by atoms with van der Waals surface area (Å²) >= 11 is 0. The summed E-state index contributed by atoms with van der Waals surface area (Å²) in [6, 6.07) is 5.79.